The van der Waals surface area contributed by atoms with E-state index in [0.717, 1.165) is 22.6 Å². The van der Waals surface area contributed by atoms with Crippen molar-refractivity contribution in [3.8, 4) is 16.9 Å². The first kappa shape index (κ1) is 10.5. The minimum Gasteiger partial charge on any atom is -0.497 e. The van der Waals surface area contributed by atoms with Gasteiger partial charge in [0.1, 0.15) is 5.75 Å². The lowest BCUT2D eigenvalue weighted by molar-refractivity contribution is 0.415. The van der Waals surface area contributed by atoms with Crippen molar-refractivity contribution in [2.24, 2.45) is 0 Å². The number of hydrogen-bond acceptors (Lipinski definition) is 3. The molecule has 0 unspecified atom stereocenters. The molecule has 82 valence electrons. The summed E-state index contributed by atoms with van der Waals surface area (Å²) < 4.78 is 5.20. The van der Waals surface area contributed by atoms with E-state index in [-0.39, 0.29) is 0 Å². The van der Waals surface area contributed by atoms with Gasteiger partial charge in [0.2, 0.25) is 0 Å². The number of pyridine rings is 1. The molecule has 0 saturated heterocycles. The Kier molecular flexibility index (Phi) is 2.77. The van der Waals surface area contributed by atoms with Crippen molar-refractivity contribution < 1.29 is 4.74 Å². The highest BCUT2D eigenvalue weighted by Gasteiger charge is 2.04. The van der Waals surface area contributed by atoms with Gasteiger partial charge in [-0.3, -0.25) is 4.98 Å². The Balaban J connectivity index is 2.56. The lowest BCUT2D eigenvalue weighted by Gasteiger charge is -2.08. The molecular weight excluding hydrogens is 200 g/mol. The number of nitrogens with zero attached hydrogens (tertiary/aromatic N) is 1. The van der Waals surface area contributed by atoms with Gasteiger partial charge in [0.05, 0.1) is 7.11 Å². The van der Waals surface area contributed by atoms with E-state index in [1.807, 2.05) is 31.2 Å². The summed E-state index contributed by atoms with van der Waals surface area (Å²) in [7, 11) is 1.63. The zero-order valence-corrected chi connectivity index (χ0v) is 9.40. The smallest absolute Gasteiger partial charge is 0.121 e. The number of hydrogen-bond donors (Lipinski definition) is 1. The predicted molar refractivity (Wildman–Crippen MR) is 65.4 cm³/mol. The van der Waals surface area contributed by atoms with E-state index in [1.54, 1.807) is 19.4 Å². The Morgan fingerprint density at radius 2 is 2.06 bits per heavy atom. The number of methoxy groups -OCH3 is 1. The van der Waals surface area contributed by atoms with Gasteiger partial charge in [-0.05, 0) is 30.7 Å². The molecule has 0 spiro atoms. The molecular formula is C13H14N2O. The number of anilines is 1. The van der Waals surface area contributed by atoms with Crippen LogP contribution in [-0.4, -0.2) is 12.1 Å². The zero-order chi connectivity index (χ0) is 11.5. The van der Waals surface area contributed by atoms with Crippen molar-refractivity contribution in [1.29, 1.82) is 0 Å². The highest BCUT2D eigenvalue weighted by molar-refractivity contribution is 5.71. The van der Waals surface area contributed by atoms with E-state index in [1.165, 1.54) is 0 Å². The van der Waals surface area contributed by atoms with E-state index in [9.17, 15) is 0 Å². The fraction of sp³-hybridized carbons (Fsp3) is 0.154. The first-order valence-electron chi connectivity index (χ1n) is 5.07. The number of benzene rings is 1. The van der Waals surface area contributed by atoms with E-state index < -0.39 is 0 Å². The Labute approximate surface area is 94.9 Å². The Morgan fingerprint density at radius 3 is 2.75 bits per heavy atom. The molecule has 3 nitrogen and oxygen atoms in total. The van der Waals surface area contributed by atoms with Crippen LogP contribution in [0.3, 0.4) is 0 Å². The predicted octanol–water partition coefficient (Wildman–Crippen LogP) is 2.65. The van der Waals surface area contributed by atoms with Crippen molar-refractivity contribution in [1.82, 2.24) is 4.98 Å². The van der Waals surface area contributed by atoms with Crippen LogP contribution in [0.2, 0.25) is 0 Å². The maximum absolute atomic E-state index is 5.82. The molecule has 0 aliphatic rings. The summed E-state index contributed by atoms with van der Waals surface area (Å²) in [4.78, 5) is 4.26. The summed E-state index contributed by atoms with van der Waals surface area (Å²) in [6, 6.07) is 9.62. The highest BCUT2D eigenvalue weighted by Crippen LogP contribution is 2.28. The standard InChI is InChI=1S/C13H14N2O/c1-9-13(4-3-5-15-9)10-6-11(14)8-12(7-10)16-2/h3-8H,14H2,1-2H3. The third-order valence-corrected chi connectivity index (χ3v) is 2.48. The van der Waals surface area contributed by atoms with Crippen molar-refractivity contribution in [2.45, 2.75) is 6.92 Å². The minimum atomic E-state index is 0.692. The van der Waals surface area contributed by atoms with Crippen LogP contribution in [0.4, 0.5) is 5.69 Å². The van der Waals surface area contributed by atoms with Gasteiger partial charge in [-0.15, -0.1) is 0 Å². The molecule has 0 radical (unpaired) electrons. The van der Waals surface area contributed by atoms with Gasteiger partial charge in [0.25, 0.3) is 0 Å². The van der Waals surface area contributed by atoms with E-state index >= 15 is 0 Å². The average Bonchev–Trinajstić information content (AvgIpc) is 2.28. The van der Waals surface area contributed by atoms with Crippen LogP contribution in [-0.2, 0) is 0 Å². The SMILES string of the molecule is COc1cc(N)cc(-c2cccnc2C)c1. The molecule has 0 saturated carbocycles. The monoisotopic (exact) mass is 214 g/mol. The Hall–Kier alpha value is -2.03. The minimum absolute atomic E-state index is 0.692. The molecule has 0 amide bonds. The second-order valence-corrected chi connectivity index (χ2v) is 3.63. The van der Waals surface area contributed by atoms with Crippen LogP contribution >= 0.6 is 0 Å². The summed E-state index contributed by atoms with van der Waals surface area (Å²) in [5.41, 5.74) is 9.60. The van der Waals surface area contributed by atoms with Gasteiger partial charge >= 0.3 is 0 Å². The fourth-order valence-electron chi connectivity index (χ4n) is 1.68. The van der Waals surface area contributed by atoms with Crippen molar-refractivity contribution in [3.63, 3.8) is 0 Å². The number of rotatable bonds is 2. The van der Waals surface area contributed by atoms with Gasteiger partial charge in [0, 0.05) is 29.2 Å². The number of aromatic nitrogens is 1. The van der Waals surface area contributed by atoms with Crippen LogP contribution < -0.4 is 10.5 Å². The quantitative estimate of drug-likeness (QED) is 0.782. The van der Waals surface area contributed by atoms with Crippen LogP contribution in [0.1, 0.15) is 5.69 Å². The molecule has 16 heavy (non-hydrogen) atoms. The third-order valence-electron chi connectivity index (χ3n) is 2.48. The first-order valence-corrected chi connectivity index (χ1v) is 5.07. The topological polar surface area (TPSA) is 48.1 Å². The molecule has 2 aromatic rings. The van der Waals surface area contributed by atoms with Crippen molar-refractivity contribution in [2.75, 3.05) is 12.8 Å². The van der Waals surface area contributed by atoms with E-state index in [4.69, 9.17) is 10.5 Å². The zero-order valence-electron chi connectivity index (χ0n) is 9.40. The van der Waals surface area contributed by atoms with E-state index in [0.29, 0.717) is 5.69 Å². The summed E-state index contributed by atoms with van der Waals surface area (Å²) >= 11 is 0. The lowest BCUT2D eigenvalue weighted by atomic mass is 10.0. The van der Waals surface area contributed by atoms with Gasteiger partial charge in [-0.25, -0.2) is 0 Å². The van der Waals surface area contributed by atoms with Crippen LogP contribution in [0.25, 0.3) is 11.1 Å². The largest absolute Gasteiger partial charge is 0.497 e. The first-order chi connectivity index (χ1) is 7.70. The van der Waals surface area contributed by atoms with Crippen molar-refractivity contribution >= 4 is 5.69 Å². The molecule has 0 aliphatic heterocycles. The molecule has 2 rings (SSSR count). The Bertz CT molecular complexity index is 509. The fourth-order valence-corrected chi connectivity index (χ4v) is 1.68. The molecule has 1 heterocycles. The van der Waals surface area contributed by atoms with Crippen LogP contribution in [0.5, 0.6) is 5.75 Å². The third kappa shape index (κ3) is 1.98. The number of ether oxygens (including phenoxy) is 1. The normalized spacial score (nSPS) is 10.1. The molecule has 2 N–H and O–H groups in total. The molecule has 1 aromatic carbocycles. The second kappa shape index (κ2) is 4.23. The average molecular weight is 214 g/mol. The molecule has 1 aromatic heterocycles. The van der Waals surface area contributed by atoms with Gasteiger partial charge in [0.15, 0.2) is 0 Å². The maximum Gasteiger partial charge on any atom is 0.121 e. The summed E-state index contributed by atoms with van der Waals surface area (Å²) in [5, 5.41) is 0. The lowest BCUT2D eigenvalue weighted by Crippen LogP contribution is -1.92. The molecule has 0 aliphatic carbocycles. The summed E-state index contributed by atoms with van der Waals surface area (Å²) in [6.07, 6.45) is 1.78. The van der Waals surface area contributed by atoms with Gasteiger partial charge in [-0.1, -0.05) is 6.07 Å². The maximum atomic E-state index is 5.82. The number of nitrogen functional groups attached to an aromatic ring is 1. The summed E-state index contributed by atoms with van der Waals surface area (Å²) in [6.45, 7) is 1.98. The van der Waals surface area contributed by atoms with Gasteiger partial charge in [-0.2, -0.15) is 0 Å². The molecule has 0 bridgehead atoms. The van der Waals surface area contributed by atoms with Crippen LogP contribution in [0, 0.1) is 6.92 Å². The molecule has 0 fully saturated rings. The molecule has 0 atom stereocenters. The van der Waals surface area contributed by atoms with Crippen molar-refractivity contribution in [3.05, 3.63) is 42.2 Å². The number of nitrogens with two attached hydrogens (primary N) is 1. The van der Waals surface area contributed by atoms with Gasteiger partial charge < -0.3 is 10.5 Å². The van der Waals surface area contributed by atoms with E-state index in [2.05, 4.69) is 4.98 Å². The number of aryl methyl sites for hydroxylation is 1. The second-order valence-electron chi connectivity index (χ2n) is 3.63. The Morgan fingerprint density at radius 1 is 1.25 bits per heavy atom. The summed E-state index contributed by atoms with van der Waals surface area (Å²) in [5.74, 6) is 0.762. The highest BCUT2D eigenvalue weighted by atomic mass is 16.5. The van der Waals surface area contributed by atoms with Crippen LogP contribution in [0.15, 0.2) is 36.5 Å². The molecule has 3 heteroatoms.